The highest BCUT2D eigenvalue weighted by atomic mass is 16.5. The number of nitrogens with one attached hydrogen (secondary N) is 1. The van der Waals surface area contributed by atoms with Gasteiger partial charge in [0.2, 0.25) is 0 Å². The average Bonchev–Trinajstić information content (AvgIpc) is 2.62. The maximum Gasteiger partial charge on any atom is 0.161 e. The molecular weight excluding hydrogens is 300 g/mol. The van der Waals surface area contributed by atoms with Gasteiger partial charge in [-0.1, -0.05) is 24.3 Å². The zero-order valence-electron chi connectivity index (χ0n) is 13.7. The molecule has 0 saturated heterocycles. The summed E-state index contributed by atoms with van der Waals surface area (Å²) in [6.45, 7) is 2.54. The summed E-state index contributed by atoms with van der Waals surface area (Å²) in [5.41, 5.74) is 3.01. The Labute approximate surface area is 140 Å². The fourth-order valence-corrected chi connectivity index (χ4v) is 3.02. The smallest absolute Gasteiger partial charge is 0.161 e. The van der Waals surface area contributed by atoms with Crippen molar-refractivity contribution < 1.29 is 9.47 Å². The van der Waals surface area contributed by atoms with Crippen molar-refractivity contribution in [2.75, 3.05) is 19.0 Å². The van der Waals surface area contributed by atoms with E-state index in [0.717, 1.165) is 39.7 Å². The van der Waals surface area contributed by atoms with E-state index in [1.54, 1.807) is 7.11 Å². The molecule has 0 saturated carbocycles. The summed E-state index contributed by atoms with van der Waals surface area (Å²) in [7, 11) is 1.64. The van der Waals surface area contributed by atoms with Crippen molar-refractivity contribution >= 4 is 28.0 Å². The standard InChI is InChI=1S/C20H18N2O2/c1-3-24-18-12-14(10-11-17(18)23-2)20-21-15-8-4-6-13-7-5-9-16(22-20)19(13)15/h4-12H,3H2,1-2H3,(H,21,22). The fraction of sp³-hybridized carbons (Fsp3) is 0.150. The molecule has 0 fully saturated rings. The van der Waals surface area contributed by atoms with Gasteiger partial charge in [-0.3, -0.25) is 0 Å². The van der Waals surface area contributed by atoms with E-state index in [1.807, 2.05) is 37.3 Å². The van der Waals surface area contributed by atoms with Crippen molar-refractivity contribution in [1.82, 2.24) is 0 Å². The fourth-order valence-electron chi connectivity index (χ4n) is 3.02. The van der Waals surface area contributed by atoms with Crippen LogP contribution in [0.4, 0.5) is 11.4 Å². The minimum absolute atomic E-state index is 0.585. The van der Waals surface area contributed by atoms with E-state index in [2.05, 4.69) is 29.6 Å². The highest BCUT2D eigenvalue weighted by Gasteiger charge is 2.17. The average molecular weight is 318 g/mol. The number of benzene rings is 3. The molecule has 1 N–H and O–H groups in total. The highest BCUT2D eigenvalue weighted by Crippen LogP contribution is 2.37. The summed E-state index contributed by atoms with van der Waals surface area (Å²) in [4.78, 5) is 4.80. The lowest BCUT2D eigenvalue weighted by Crippen LogP contribution is -2.16. The van der Waals surface area contributed by atoms with Gasteiger partial charge in [0.25, 0.3) is 0 Å². The number of hydrogen-bond acceptors (Lipinski definition) is 4. The second-order valence-corrected chi connectivity index (χ2v) is 5.56. The maximum atomic E-state index is 5.68. The van der Waals surface area contributed by atoms with Gasteiger partial charge in [-0.2, -0.15) is 0 Å². The molecule has 4 heteroatoms. The molecule has 1 heterocycles. The van der Waals surface area contributed by atoms with Crippen LogP contribution in [0.1, 0.15) is 12.5 Å². The van der Waals surface area contributed by atoms with Crippen LogP contribution in [0.5, 0.6) is 11.5 Å². The number of ether oxygens (including phenoxy) is 2. The predicted molar refractivity (Wildman–Crippen MR) is 97.9 cm³/mol. The SMILES string of the molecule is CCOc1cc(C2=Nc3cccc4cccc(c34)N2)ccc1OC. The summed E-state index contributed by atoms with van der Waals surface area (Å²) in [6.07, 6.45) is 0. The molecule has 3 aromatic rings. The second-order valence-electron chi connectivity index (χ2n) is 5.56. The first-order valence-electron chi connectivity index (χ1n) is 7.99. The van der Waals surface area contributed by atoms with Gasteiger partial charge < -0.3 is 14.8 Å². The molecule has 4 rings (SSSR count). The van der Waals surface area contributed by atoms with E-state index >= 15 is 0 Å². The van der Waals surface area contributed by atoms with E-state index in [4.69, 9.17) is 14.5 Å². The highest BCUT2D eigenvalue weighted by molar-refractivity contribution is 6.19. The predicted octanol–water partition coefficient (Wildman–Crippen LogP) is 4.75. The lowest BCUT2D eigenvalue weighted by atomic mass is 10.0. The third-order valence-corrected chi connectivity index (χ3v) is 4.10. The van der Waals surface area contributed by atoms with Crippen LogP contribution in [0.25, 0.3) is 10.8 Å². The molecule has 120 valence electrons. The molecule has 0 unspecified atom stereocenters. The Kier molecular flexibility index (Phi) is 3.58. The number of nitrogens with zero attached hydrogens (tertiary/aromatic N) is 1. The van der Waals surface area contributed by atoms with Gasteiger partial charge in [-0.05, 0) is 42.6 Å². The second kappa shape index (κ2) is 5.89. The Morgan fingerprint density at radius 2 is 1.83 bits per heavy atom. The van der Waals surface area contributed by atoms with Gasteiger partial charge in [-0.25, -0.2) is 4.99 Å². The molecule has 0 aromatic heterocycles. The van der Waals surface area contributed by atoms with Crippen LogP contribution in [0.3, 0.4) is 0 Å². The van der Waals surface area contributed by atoms with Crippen LogP contribution in [0, 0.1) is 0 Å². The zero-order chi connectivity index (χ0) is 16.5. The third kappa shape index (κ3) is 2.36. The third-order valence-electron chi connectivity index (χ3n) is 4.10. The van der Waals surface area contributed by atoms with Crippen molar-refractivity contribution in [2.24, 2.45) is 4.99 Å². The molecule has 0 bridgehead atoms. The summed E-state index contributed by atoms with van der Waals surface area (Å²) in [5, 5.41) is 5.78. The van der Waals surface area contributed by atoms with Crippen molar-refractivity contribution in [1.29, 1.82) is 0 Å². The molecule has 4 nitrogen and oxygen atoms in total. The molecule has 0 spiro atoms. The van der Waals surface area contributed by atoms with Crippen LogP contribution >= 0.6 is 0 Å². The van der Waals surface area contributed by atoms with Gasteiger partial charge >= 0.3 is 0 Å². The Morgan fingerprint density at radius 1 is 1.00 bits per heavy atom. The van der Waals surface area contributed by atoms with E-state index in [9.17, 15) is 0 Å². The minimum atomic E-state index is 0.585. The summed E-state index contributed by atoms with van der Waals surface area (Å²) < 4.78 is 11.0. The van der Waals surface area contributed by atoms with Gasteiger partial charge in [0.15, 0.2) is 11.5 Å². The monoisotopic (exact) mass is 318 g/mol. The molecule has 3 aromatic carbocycles. The van der Waals surface area contributed by atoms with Crippen LogP contribution in [-0.4, -0.2) is 19.6 Å². The topological polar surface area (TPSA) is 42.8 Å². The Bertz CT molecular complexity index is 942. The summed E-state index contributed by atoms with van der Waals surface area (Å²) in [6, 6.07) is 18.3. The number of hydrogen-bond donors (Lipinski definition) is 1. The molecule has 0 amide bonds. The first-order valence-corrected chi connectivity index (χ1v) is 7.99. The number of methoxy groups -OCH3 is 1. The van der Waals surface area contributed by atoms with Crippen LogP contribution in [0.2, 0.25) is 0 Å². The quantitative estimate of drug-likeness (QED) is 0.755. The van der Waals surface area contributed by atoms with Gasteiger partial charge in [0, 0.05) is 16.6 Å². The van der Waals surface area contributed by atoms with Crippen LogP contribution in [-0.2, 0) is 0 Å². The van der Waals surface area contributed by atoms with Crippen molar-refractivity contribution in [3.05, 3.63) is 60.2 Å². The number of aliphatic imine (C=N–C) groups is 1. The molecule has 0 atom stereocenters. The number of rotatable bonds is 4. The van der Waals surface area contributed by atoms with E-state index in [0.29, 0.717) is 6.61 Å². The van der Waals surface area contributed by atoms with E-state index in [1.165, 1.54) is 5.39 Å². The number of amidine groups is 1. The maximum absolute atomic E-state index is 5.68. The van der Waals surface area contributed by atoms with E-state index in [-0.39, 0.29) is 0 Å². The zero-order valence-corrected chi connectivity index (χ0v) is 13.7. The lowest BCUT2D eigenvalue weighted by Gasteiger charge is -2.20. The molecule has 1 aliphatic rings. The Morgan fingerprint density at radius 3 is 2.62 bits per heavy atom. The molecule has 0 radical (unpaired) electrons. The first-order chi connectivity index (χ1) is 11.8. The Balaban J connectivity index is 1.82. The molecule has 24 heavy (non-hydrogen) atoms. The Hall–Kier alpha value is -3.01. The first kappa shape index (κ1) is 14.6. The number of anilines is 1. The molecule has 0 aliphatic carbocycles. The largest absolute Gasteiger partial charge is 0.493 e. The molecular formula is C20H18N2O2. The van der Waals surface area contributed by atoms with Crippen molar-refractivity contribution in [3.8, 4) is 11.5 Å². The van der Waals surface area contributed by atoms with Crippen molar-refractivity contribution in [3.63, 3.8) is 0 Å². The summed E-state index contributed by atoms with van der Waals surface area (Å²) in [5.74, 6) is 2.25. The molecule has 1 aliphatic heterocycles. The minimum Gasteiger partial charge on any atom is -0.493 e. The van der Waals surface area contributed by atoms with Crippen LogP contribution < -0.4 is 14.8 Å². The van der Waals surface area contributed by atoms with Gasteiger partial charge in [0.05, 0.1) is 19.4 Å². The van der Waals surface area contributed by atoms with Crippen molar-refractivity contribution in [2.45, 2.75) is 6.92 Å². The summed E-state index contributed by atoms with van der Waals surface area (Å²) >= 11 is 0. The van der Waals surface area contributed by atoms with Crippen LogP contribution in [0.15, 0.2) is 59.6 Å². The van der Waals surface area contributed by atoms with Gasteiger partial charge in [-0.15, -0.1) is 0 Å². The van der Waals surface area contributed by atoms with Gasteiger partial charge in [0.1, 0.15) is 5.84 Å². The lowest BCUT2D eigenvalue weighted by molar-refractivity contribution is 0.311. The normalized spacial score (nSPS) is 12.5. The van der Waals surface area contributed by atoms with E-state index < -0.39 is 0 Å².